The fourth-order valence-corrected chi connectivity index (χ4v) is 1.05. The van der Waals surface area contributed by atoms with Crippen LogP contribution in [-0.2, 0) is 16.0 Å². The molecule has 14 heavy (non-hydrogen) atoms. The average Bonchev–Trinajstić information content (AvgIpc) is 2.15. The largest absolute Gasteiger partial charge is 0.412 e. The second-order valence-electron chi connectivity index (χ2n) is 2.78. The van der Waals surface area contributed by atoms with Crippen LogP contribution in [0.5, 0.6) is 0 Å². The highest BCUT2D eigenvalue weighted by Crippen LogP contribution is 2.02. The molecule has 0 radical (unpaired) electrons. The monoisotopic (exact) mass is 193 g/mol. The number of primary amides is 1. The summed E-state index contributed by atoms with van der Waals surface area (Å²) in [5.74, 6) is -0.596. The third-order valence-corrected chi connectivity index (χ3v) is 1.68. The lowest BCUT2D eigenvalue weighted by molar-refractivity contribution is -0.137. The predicted molar refractivity (Wildman–Crippen MR) is 50.4 cm³/mol. The second kappa shape index (κ2) is 5.01. The van der Waals surface area contributed by atoms with Gasteiger partial charge in [0.15, 0.2) is 0 Å². The zero-order valence-corrected chi connectivity index (χ0v) is 7.60. The van der Waals surface area contributed by atoms with Gasteiger partial charge in [0, 0.05) is 0 Å². The molecule has 0 atom stereocenters. The molecule has 0 aliphatic heterocycles. The maximum Gasteiger partial charge on any atom is 0.412 e. The number of nitrogens with two attached hydrogens (primary N) is 1. The second-order valence-corrected chi connectivity index (χ2v) is 2.78. The van der Waals surface area contributed by atoms with Crippen LogP contribution in [0.15, 0.2) is 30.3 Å². The Hall–Kier alpha value is -1.84. The molecule has 0 unspecified atom stereocenters. The van der Waals surface area contributed by atoms with Crippen LogP contribution < -0.4 is 5.73 Å². The van der Waals surface area contributed by atoms with Crippen molar-refractivity contribution in [2.75, 3.05) is 0 Å². The summed E-state index contributed by atoms with van der Waals surface area (Å²) in [4.78, 5) is 21.1. The standard InChI is InChI=1S/C10H11NO3/c11-10(13)14-9(12)7-6-8-4-2-1-3-5-8/h1-5H,6-7H2,(H2,11,13). The highest BCUT2D eigenvalue weighted by atomic mass is 16.6. The summed E-state index contributed by atoms with van der Waals surface area (Å²) in [5.41, 5.74) is 5.70. The zero-order chi connectivity index (χ0) is 10.4. The van der Waals surface area contributed by atoms with Crippen molar-refractivity contribution < 1.29 is 14.3 Å². The van der Waals surface area contributed by atoms with Crippen molar-refractivity contribution >= 4 is 12.1 Å². The fourth-order valence-electron chi connectivity index (χ4n) is 1.05. The Morgan fingerprint density at radius 3 is 2.43 bits per heavy atom. The lowest BCUT2D eigenvalue weighted by atomic mass is 10.1. The normalized spacial score (nSPS) is 9.43. The minimum absolute atomic E-state index is 0.160. The lowest BCUT2D eigenvalue weighted by Gasteiger charge is -1.99. The average molecular weight is 193 g/mol. The molecule has 2 N–H and O–H groups in total. The molecule has 0 spiro atoms. The molecule has 0 heterocycles. The van der Waals surface area contributed by atoms with Gasteiger partial charge < -0.3 is 10.5 Å². The van der Waals surface area contributed by atoms with Gasteiger partial charge >= 0.3 is 12.1 Å². The van der Waals surface area contributed by atoms with Gasteiger partial charge in [0.2, 0.25) is 0 Å². The van der Waals surface area contributed by atoms with Crippen molar-refractivity contribution in [3.05, 3.63) is 35.9 Å². The van der Waals surface area contributed by atoms with Gasteiger partial charge in [0.1, 0.15) is 0 Å². The number of amides is 1. The van der Waals surface area contributed by atoms with Crippen LogP contribution in [0.25, 0.3) is 0 Å². The SMILES string of the molecule is NC(=O)OC(=O)CCc1ccccc1. The van der Waals surface area contributed by atoms with E-state index < -0.39 is 12.1 Å². The first-order chi connectivity index (χ1) is 6.68. The van der Waals surface area contributed by atoms with Gasteiger partial charge in [-0.15, -0.1) is 0 Å². The summed E-state index contributed by atoms with van der Waals surface area (Å²) >= 11 is 0. The Balaban J connectivity index is 2.34. The van der Waals surface area contributed by atoms with Crippen LogP contribution in [0.3, 0.4) is 0 Å². The summed E-state index contributed by atoms with van der Waals surface area (Å²) in [7, 11) is 0. The topological polar surface area (TPSA) is 69.4 Å². The van der Waals surface area contributed by atoms with Crippen LogP contribution in [0.4, 0.5) is 4.79 Å². The molecule has 74 valence electrons. The van der Waals surface area contributed by atoms with E-state index in [-0.39, 0.29) is 6.42 Å². The van der Waals surface area contributed by atoms with Crippen molar-refractivity contribution in [2.45, 2.75) is 12.8 Å². The Morgan fingerprint density at radius 1 is 1.21 bits per heavy atom. The number of hydrogen-bond donors (Lipinski definition) is 1. The fraction of sp³-hybridized carbons (Fsp3) is 0.200. The van der Waals surface area contributed by atoms with Crippen LogP contribution in [-0.4, -0.2) is 12.1 Å². The molecular formula is C10H11NO3. The van der Waals surface area contributed by atoms with E-state index in [2.05, 4.69) is 10.5 Å². The smallest absolute Gasteiger partial charge is 0.376 e. The van der Waals surface area contributed by atoms with E-state index >= 15 is 0 Å². The van der Waals surface area contributed by atoms with Crippen LogP contribution in [0, 0.1) is 0 Å². The molecule has 4 heteroatoms. The highest BCUT2D eigenvalue weighted by Gasteiger charge is 2.06. The van der Waals surface area contributed by atoms with Crippen molar-refractivity contribution in [1.82, 2.24) is 0 Å². The van der Waals surface area contributed by atoms with Gasteiger partial charge in [-0.25, -0.2) is 4.79 Å². The number of esters is 1. The van der Waals surface area contributed by atoms with Gasteiger partial charge in [-0.3, -0.25) is 4.79 Å². The summed E-state index contributed by atoms with van der Waals surface area (Å²) in [6.07, 6.45) is -0.344. The molecule has 0 saturated carbocycles. The van der Waals surface area contributed by atoms with Gasteiger partial charge in [-0.05, 0) is 12.0 Å². The van der Waals surface area contributed by atoms with E-state index in [0.29, 0.717) is 6.42 Å². The summed E-state index contributed by atoms with van der Waals surface area (Å²) in [6.45, 7) is 0. The maximum atomic E-state index is 10.9. The minimum Gasteiger partial charge on any atom is -0.376 e. The molecule has 0 saturated heterocycles. The highest BCUT2D eigenvalue weighted by molar-refractivity contribution is 5.83. The maximum absolute atomic E-state index is 10.9. The Kier molecular flexibility index (Phi) is 3.67. The lowest BCUT2D eigenvalue weighted by Crippen LogP contribution is -2.18. The van der Waals surface area contributed by atoms with Crippen LogP contribution in [0.1, 0.15) is 12.0 Å². The van der Waals surface area contributed by atoms with E-state index in [1.54, 1.807) is 0 Å². The molecule has 0 aromatic heterocycles. The van der Waals surface area contributed by atoms with E-state index in [9.17, 15) is 9.59 Å². The van der Waals surface area contributed by atoms with Crippen molar-refractivity contribution in [1.29, 1.82) is 0 Å². The van der Waals surface area contributed by atoms with Gasteiger partial charge in [-0.1, -0.05) is 30.3 Å². The third kappa shape index (κ3) is 3.71. The number of ether oxygens (including phenoxy) is 1. The number of rotatable bonds is 3. The molecule has 1 aromatic rings. The van der Waals surface area contributed by atoms with Crippen molar-refractivity contribution in [3.8, 4) is 0 Å². The third-order valence-electron chi connectivity index (χ3n) is 1.68. The number of aryl methyl sites for hydroxylation is 1. The van der Waals surface area contributed by atoms with Crippen LogP contribution in [0.2, 0.25) is 0 Å². The first-order valence-electron chi connectivity index (χ1n) is 4.22. The van der Waals surface area contributed by atoms with E-state index in [4.69, 9.17) is 0 Å². The van der Waals surface area contributed by atoms with Gasteiger partial charge in [0.25, 0.3) is 0 Å². The number of carbonyl (C=O) groups is 2. The quantitative estimate of drug-likeness (QED) is 0.580. The first kappa shape index (κ1) is 10.2. The first-order valence-corrected chi connectivity index (χ1v) is 4.22. The molecule has 1 rings (SSSR count). The van der Waals surface area contributed by atoms with Crippen molar-refractivity contribution in [3.63, 3.8) is 0 Å². The van der Waals surface area contributed by atoms with E-state index in [1.165, 1.54) is 0 Å². The van der Waals surface area contributed by atoms with E-state index in [0.717, 1.165) is 5.56 Å². The molecule has 1 amide bonds. The Labute approximate surface area is 81.7 Å². The predicted octanol–water partition coefficient (Wildman–Crippen LogP) is 1.24. The molecule has 0 fully saturated rings. The van der Waals surface area contributed by atoms with Crippen LogP contribution >= 0.6 is 0 Å². The van der Waals surface area contributed by atoms with Gasteiger partial charge in [-0.2, -0.15) is 0 Å². The molecule has 4 nitrogen and oxygen atoms in total. The number of hydrogen-bond acceptors (Lipinski definition) is 3. The molecule has 0 aliphatic rings. The minimum atomic E-state index is -1.05. The molecule has 0 bridgehead atoms. The Morgan fingerprint density at radius 2 is 1.86 bits per heavy atom. The van der Waals surface area contributed by atoms with E-state index in [1.807, 2.05) is 30.3 Å². The Bertz CT molecular complexity index is 321. The summed E-state index contributed by atoms with van der Waals surface area (Å²) < 4.78 is 4.17. The summed E-state index contributed by atoms with van der Waals surface area (Å²) in [6, 6.07) is 9.46. The number of benzene rings is 1. The molecule has 1 aromatic carbocycles. The number of carbonyl (C=O) groups excluding carboxylic acids is 2. The van der Waals surface area contributed by atoms with Crippen molar-refractivity contribution in [2.24, 2.45) is 5.73 Å². The molecule has 0 aliphatic carbocycles. The van der Waals surface area contributed by atoms with Gasteiger partial charge in [0.05, 0.1) is 6.42 Å². The zero-order valence-electron chi connectivity index (χ0n) is 7.60. The summed E-state index contributed by atoms with van der Waals surface area (Å²) in [5, 5.41) is 0. The molecular weight excluding hydrogens is 182 g/mol.